The number of carbonyl (C=O) groups is 1. The van der Waals surface area contributed by atoms with Crippen LogP contribution in [0.15, 0.2) is 0 Å². The molecule has 1 aromatic heterocycles. The zero-order chi connectivity index (χ0) is 13.8. The highest BCUT2D eigenvalue weighted by Gasteiger charge is 2.17. The third-order valence-electron chi connectivity index (χ3n) is 3.66. The predicted molar refractivity (Wildman–Crippen MR) is 77.4 cm³/mol. The van der Waals surface area contributed by atoms with Crippen LogP contribution in [0.4, 0.5) is 5.00 Å². The average molecular weight is 277 g/mol. The standard InChI is InChI=1S/C14H19N3OS/c1-9-10(2)19-14(12(9)7-15)17-13(18)8-16-11-5-3-4-6-11/h11,16H,3-6,8H2,1-2H3,(H,17,18). The van der Waals surface area contributed by atoms with E-state index in [1.807, 2.05) is 13.8 Å². The zero-order valence-electron chi connectivity index (χ0n) is 11.4. The molecule has 1 aliphatic carbocycles. The minimum atomic E-state index is -0.0651. The number of nitrogens with zero attached hydrogens (tertiary/aromatic N) is 1. The first-order valence-electron chi connectivity index (χ1n) is 6.65. The van der Waals surface area contributed by atoms with Gasteiger partial charge in [0.25, 0.3) is 0 Å². The summed E-state index contributed by atoms with van der Waals surface area (Å²) in [6.07, 6.45) is 4.82. The third-order valence-corrected chi connectivity index (χ3v) is 4.78. The first kappa shape index (κ1) is 14.0. The van der Waals surface area contributed by atoms with Crippen LogP contribution < -0.4 is 10.6 Å². The molecule has 2 N–H and O–H groups in total. The molecule has 0 spiro atoms. The summed E-state index contributed by atoms with van der Waals surface area (Å²) in [7, 11) is 0. The second-order valence-corrected chi connectivity index (χ2v) is 6.23. The van der Waals surface area contributed by atoms with E-state index in [1.165, 1.54) is 24.2 Å². The highest BCUT2D eigenvalue weighted by atomic mass is 32.1. The van der Waals surface area contributed by atoms with Gasteiger partial charge in [0, 0.05) is 10.9 Å². The molecular weight excluding hydrogens is 258 g/mol. The van der Waals surface area contributed by atoms with Gasteiger partial charge in [-0.15, -0.1) is 11.3 Å². The number of rotatable bonds is 4. The maximum Gasteiger partial charge on any atom is 0.238 e. The number of carbonyl (C=O) groups excluding carboxylic acids is 1. The molecule has 5 heteroatoms. The molecule has 1 heterocycles. The number of anilines is 1. The Morgan fingerprint density at radius 1 is 1.42 bits per heavy atom. The molecule has 0 aliphatic heterocycles. The topological polar surface area (TPSA) is 64.9 Å². The monoisotopic (exact) mass is 277 g/mol. The van der Waals surface area contributed by atoms with Gasteiger partial charge in [0.1, 0.15) is 11.1 Å². The van der Waals surface area contributed by atoms with E-state index in [0.717, 1.165) is 23.3 Å². The highest BCUT2D eigenvalue weighted by Crippen LogP contribution is 2.31. The van der Waals surface area contributed by atoms with Crippen LogP contribution in [0.5, 0.6) is 0 Å². The number of hydrogen-bond donors (Lipinski definition) is 2. The normalized spacial score (nSPS) is 15.4. The van der Waals surface area contributed by atoms with Crippen molar-refractivity contribution in [2.45, 2.75) is 45.6 Å². The van der Waals surface area contributed by atoms with E-state index in [2.05, 4.69) is 16.7 Å². The maximum absolute atomic E-state index is 11.9. The van der Waals surface area contributed by atoms with E-state index in [9.17, 15) is 4.79 Å². The lowest BCUT2D eigenvalue weighted by atomic mass is 10.2. The Morgan fingerprint density at radius 2 is 2.11 bits per heavy atom. The summed E-state index contributed by atoms with van der Waals surface area (Å²) < 4.78 is 0. The summed E-state index contributed by atoms with van der Waals surface area (Å²) in [5, 5.41) is 15.9. The van der Waals surface area contributed by atoms with Crippen LogP contribution in [0.3, 0.4) is 0 Å². The Morgan fingerprint density at radius 3 is 2.74 bits per heavy atom. The first-order chi connectivity index (χ1) is 9.11. The summed E-state index contributed by atoms with van der Waals surface area (Å²) in [6.45, 7) is 4.20. The van der Waals surface area contributed by atoms with Gasteiger partial charge in [-0.3, -0.25) is 4.79 Å². The van der Waals surface area contributed by atoms with E-state index < -0.39 is 0 Å². The fourth-order valence-corrected chi connectivity index (χ4v) is 3.41. The fourth-order valence-electron chi connectivity index (χ4n) is 2.39. The maximum atomic E-state index is 11.9. The molecule has 1 aliphatic rings. The molecule has 0 unspecified atom stereocenters. The summed E-state index contributed by atoms with van der Waals surface area (Å²) in [5.41, 5.74) is 1.56. The number of nitriles is 1. The quantitative estimate of drug-likeness (QED) is 0.889. The van der Waals surface area contributed by atoms with Crippen LogP contribution >= 0.6 is 11.3 Å². The molecular formula is C14H19N3OS. The molecule has 102 valence electrons. The average Bonchev–Trinajstić information content (AvgIpc) is 2.97. The minimum absolute atomic E-state index is 0.0651. The zero-order valence-corrected chi connectivity index (χ0v) is 12.2. The molecule has 19 heavy (non-hydrogen) atoms. The van der Waals surface area contributed by atoms with Crippen molar-refractivity contribution in [3.8, 4) is 6.07 Å². The predicted octanol–water partition coefficient (Wildman–Crippen LogP) is 2.71. The lowest BCUT2D eigenvalue weighted by molar-refractivity contribution is -0.115. The Bertz CT molecular complexity index is 509. The second kappa shape index (κ2) is 6.18. The third kappa shape index (κ3) is 3.34. The van der Waals surface area contributed by atoms with E-state index in [-0.39, 0.29) is 5.91 Å². The fraction of sp³-hybridized carbons (Fsp3) is 0.571. The molecule has 0 atom stereocenters. The summed E-state index contributed by atoms with van der Waals surface area (Å²) in [4.78, 5) is 13.0. The Kier molecular flexibility index (Phi) is 4.56. The lowest BCUT2D eigenvalue weighted by Crippen LogP contribution is -2.34. The van der Waals surface area contributed by atoms with Gasteiger partial charge in [0.15, 0.2) is 0 Å². The molecule has 2 rings (SSSR count). The summed E-state index contributed by atoms with van der Waals surface area (Å²) in [5.74, 6) is -0.0651. The lowest BCUT2D eigenvalue weighted by Gasteiger charge is -2.11. The number of amides is 1. The summed E-state index contributed by atoms with van der Waals surface area (Å²) >= 11 is 1.47. The van der Waals surface area contributed by atoms with Crippen LogP contribution in [0.2, 0.25) is 0 Å². The van der Waals surface area contributed by atoms with Crippen molar-refractivity contribution in [1.82, 2.24) is 5.32 Å². The van der Waals surface area contributed by atoms with Gasteiger partial charge in [-0.1, -0.05) is 12.8 Å². The van der Waals surface area contributed by atoms with Crippen LogP contribution in [0.1, 0.15) is 41.7 Å². The summed E-state index contributed by atoms with van der Waals surface area (Å²) in [6, 6.07) is 2.64. The van der Waals surface area contributed by atoms with Gasteiger partial charge in [-0.25, -0.2) is 0 Å². The molecule has 0 bridgehead atoms. The van der Waals surface area contributed by atoms with Gasteiger partial charge in [-0.05, 0) is 32.3 Å². The highest BCUT2D eigenvalue weighted by molar-refractivity contribution is 7.16. The van der Waals surface area contributed by atoms with Gasteiger partial charge in [0.05, 0.1) is 12.1 Å². The van der Waals surface area contributed by atoms with E-state index in [4.69, 9.17) is 5.26 Å². The number of thiophene rings is 1. The SMILES string of the molecule is Cc1sc(NC(=O)CNC2CCCC2)c(C#N)c1C. The molecule has 0 radical (unpaired) electrons. The van der Waals surface area contributed by atoms with Gasteiger partial charge in [0.2, 0.25) is 5.91 Å². The van der Waals surface area contributed by atoms with Crippen LogP contribution in [-0.2, 0) is 4.79 Å². The Balaban J connectivity index is 1.91. The van der Waals surface area contributed by atoms with Crippen molar-refractivity contribution in [2.75, 3.05) is 11.9 Å². The Hall–Kier alpha value is -1.38. The van der Waals surface area contributed by atoms with Gasteiger partial charge < -0.3 is 10.6 Å². The van der Waals surface area contributed by atoms with Crippen molar-refractivity contribution in [1.29, 1.82) is 5.26 Å². The molecule has 1 saturated carbocycles. The van der Waals surface area contributed by atoms with E-state index in [0.29, 0.717) is 23.2 Å². The Labute approximate surface area is 117 Å². The minimum Gasteiger partial charge on any atom is -0.315 e. The van der Waals surface area contributed by atoms with E-state index >= 15 is 0 Å². The van der Waals surface area contributed by atoms with Crippen LogP contribution in [0.25, 0.3) is 0 Å². The molecule has 1 fully saturated rings. The van der Waals surface area contributed by atoms with Gasteiger partial charge >= 0.3 is 0 Å². The van der Waals surface area contributed by atoms with Gasteiger partial charge in [-0.2, -0.15) is 5.26 Å². The number of nitrogens with one attached hydrogen (secondary N) is 2. The van der Waals surface area contributed by atoms with Crippen molar-refractivity contribution in [3.63, 3.8) is 0 Å². The molecule has 0 aromatic carbocycles. The first-order valence-corrected chi connectivity index (χ1v) is 7.46. The molecule has 1 amide bonds. The largest absolute Gasteiger partial charge is 0.315 e. The number of hydrogen-bond acceptors (Lipinski definition) is 4. The molecule has 4 nitrogen and oxygen atoms in total. The number of aryl methyl sites for hydroxylation is 1. The smallest absolute Gasteiger partial charge is 0.238 e. The van der Waals surface area contributed by atoms with E-state index in [1.54, 1.807) is 0 Å². The second-order valence-electron chi connectivity index (χ2n) is 5.01. The molecule has 0 saturated heterocycles. The van der Waals surface area contributed by atoms with Crippen molar-refractivity contribution >= 4 is 22.2 Å². The van der Waals surface area contributed by atoms with Crippen LogP contribution in [-0.4, -0.2) is 18.5 Å². The molecule has 1 aromatic rings. The van der Waals surface area contributed by atoms with Crippen LogP contribution in [0, 0.1) is 25.2 Å². The van der Waals surface area contributed by atoms with Crippen molar-refractivity contribution in [3.05, 3.63) is 16.0 Å². The van der Waals surface area contributed by atoms with Crippen molar-refractivity contribution in [2.24, 2.45) is 0 Å². The van der Waals surface area contributed by atoms with Crippen molar-refractivity contribution < 1.29 is 4.79 Å².